The van der Waals surface area contributed by atoms with Gasteiger partial charge < -0.3 is 0 Å². The Morgan fingerprint density at radius 3 is 2.64 bits per heavy atom. The second-order valence-electron chi connectivity index (χ2n) is 3.81. The minimum absolute atomic E-state index is 0.599. The quantitative estimate of drug-likeness (QED) is 0.758. The number of nitrogens with zero attached hydrogens (tertiary/aromatic N) is 1. The summed E-state index contributed by atoms with van der Waals surface area (Å²) in [7, 11) is 0. The maximum absolute atomic E-state index is 4.14. The second-order valence-corrected chi connectivity index (χ2v) is 5.90. The average Bonchev–Trinajstić information content (AvgIpc) is 2.14. The van der Waals surface area contributed by atoms with Gasteiger partial charge in [-0.05, 0) is 46.3 Å². The molecule has 3 heteroatoms. The monoisotopic (exact) mass is 319 g/mol. The lowest BCUT2D eigenvalue weighted by Gasteiger charge is -2.12. The van der Waals surface area contributed by atoms with Crippen LogP contribution in [0.4, 0.5) is 0 Å². The Balaban J connectivity index is 2.45. The van der Waals surface area contributed by atoms with Crippen LogP contribution < -0.4 is 0 Å². The molecule has 1 heterocycles. The van der Waals surface area contributed by atoms with Gasteiger partial charge in [-0.1, -0.05) is 29.8 Å². The fourth-order valence-corrected chi connectivity index (χ4v) is 1.87. The lowest BCUT2D eigenvalue weighted by molar-refractivity contribution is 0.581. The van der Waals surface area contributed by atoms with Gasteiger partial charge in [-0.25, -0.2) is 0 Å². The minimum Gasteiger partial charge on any atom is -0.263 e. The molecule has 1 aromatic rings. The molecule has 0 aromatic carbocycles. The van der Waals surface area contributed by atoms with E-state index in [1.54, 1.807) is 0 Å². The van der Waals surface area contributed by atoms with Crippen LogP contribution >= 0.6 is 31.9 Å². The van der Waals surface area contributed by atoms with Crippen molar-refractivity contribution in [2.45, 2.75) is 31.5 Å². The zero-order valence-corrected chi connectivity index (χ0v) is 11.7. The third kappa shape index (κ3) is 4.09. The first-order valence-electron chi connectivity index (χ1n) is 4.83. The van der Waals surface area contributed by atoms with Gasteiger partial charge in [0.05, 0.1) is 0 Å². The molecule has 0 aliphatic heterocycles. The largest absolute Gasteiger partial charge is 0.263 e. The van der Waals surface area contributed by atoms with Gasteiger partial charge in [-0.3, -0.25) is 4.98 Å². The van der Waals surface area contributed by atoms with E-state index in [1.807, 2.05) is 12.4 Å². The Kier molecular flexibility index (Phi) is 5.10. The van der Waals surface area contributed by atoms with E-state index in [0.29, 0.717) is 10.7 Å². The predicted octanol–water partition coefficient (Wildman–Crippen LogP) is 4.20. The summed E-state index contributed by atoms with van der Waals surface area (Å²) in [6, 6.07) is 2.13. The number of hydrogen-bond acceptors (Lipinski definition) is 1. The zero-order chi connectivity index (χ0) is 10.6. The van der Waals surface area contributed by atoms with E-state index in [1.165, 1.54) is 5.56 Å². The SMILES string of the molecule is CC(C)C(Br)CCc1cncc(Br)c1. The molecule has 1 aromatic heterocycles. The molecule has 1 unspecified atom stereocenters. The maximum Gasteiger partial charge on any atom is 0.0410 e. The van der Waals surface area contributed by atoms with Gasteiger partial charge in [0, 0.05) is 21.7 Å². The fourth-order valence-electron chi connectivity index (χ4n) is 1.23. The number of halogens is 2. The first kappa shape index (κ1) is 12.2. The minimum atomic E-state index is 0.599. The molecule has 0 spiro atoms. The second kappa shape index (κ2) is 5.86. The average molecular weight is 321 g/mol. The Bertz CT molecular complexity index is 286. The topological polar surface area (TPSA) is 12.9 Å². The van der Waals surface area contributed by atoms with Crippen LogP contribution in [0.25, 0.3) is 0 Å². The zero-order valence-electron chi connectivity index (χ0n) is 8.50. The van der Waals surface area contributed by atoms with Crippen molar-refractivity contribution in [1.29, 1.82) is 0 Å². The highest BCUT2D eigenvalue weighted by atomic mass is 79.9. The number of rotatable bonds is 4. The van der Waals surface area contributed by atoms with Gasteiger partial charge >= 0.3 is 0 Å². The first-order valence-corrected chi connectivity index (χ1v) is 6.54. The smallest absolute Gasteiger partial charge is 0.0410 e. The highest BCUT2D eigenvalue weighted by Gasteiger charge is 2.08. The van der Waals surface area contributed by atoms with Crippen molar-refractivity contribution in [3.63, 3.8) is 0 Å². The maximum atomic E-state index is 4.14. The van der Waals surface area contributed by atoms with Crippen LogP contribution in [-0.4, -0.2) is 9.81 Å². The molecule has 0 fully saturated rings. The number of aryl methyl sites for hydroxylation is 1. The molecule has 0 bridgehead atoms. The molecule has 78 valence electrons. The van der Waals surface area contributed by atoms with Crippen molar-refractivity contribution < 1.29 is 0 Å². The molecule has 1 rings (SSSR count). The molecule has 0 aliphatic carbocycles. The van der Waals surface area contributed by atoms with E-state index < -0.39 is 0 Å². The Hall–Kier alpha value is 0.110. The molecule has 1 nitrogen and oxygen atoms in total. The van der Waals surface area contributed by atoms with Crippen LogP contribution in [-0.2, 0) is 6.42 Å². The van der Waals surface area contributed by atoms with E-state index in [4.69, 9.17) is 0 Å². The highest BCUT2D eigenvalue weighted by molar-refractivity contribution is 9.10. The van der Waals surface area contributed by atoms with Crippen molar-refractivity contribution in [3.8, 4) is 0 Å². The van der Waals surface area contributed by atoms with Gasteiger partial charge in [-0.2, -0.15) is 0 Å². The van der Waals surface area contributed by atoms with E-state index in [9.17, 15) is 0 Å². The van der Waals surface area contributed by atoms with Crippen molar-refractivity contribution >= 4 is 31.9 Å². The molecule has 1 atom stereocenters. The van der Waals surface area contributed by atoms with Gasteiger partial charge in [0.1, 0.15) is 0 Å². The normalized spacial score (nSPS) is 13.2. The van der Waals surface area contributed by atoms with Gasteiger partial charge in [0.2, 0.25) is 0 Å². The van der Waals surface area contributed by atoms with Gasteiger partial charge in [0.15, 0.2) is 0 Å². The van der Waals surface area contributed by atoms with Crippen LogP contribution in [0, 0.1) is 5.92 Å². The number of alkyl halides is 1. The molecule has 14 heavy (non-hydrogen) atoms. The van der Waals surface area contributed by atoms with Crippen molar-refractivity contribution in [2.75, 3.05) is 0 Å². The van der Waals surface area contributed by atoms with Crippen LogP contribution in [0.1, 0.15) is 25.8 Å². The lowest BCUT2D eigenvalue weighted by Crippen LogP contribution is -2.08. The summed E-state index contributed by atoms with van der Waals surface area (Å²) in [5.74, 6) is 0.690. The number of hydrogen-bond donors (Lipinski definition) is 0. The molecule has 0 radical (unpaired) electrons. The van der Waals surface area contributed by atoms with Crippen LogP contribution in [0.5, 0.6) is 0 Å². The van der Waals surface area contributed by atoms with Gasteiger partial charge in [-0.15, -0.1) is 0 Å². The van der Waals surface area contributed by atoms with Crippen molar-refractivity contribution in [3.05, 3.63) is 28.5 Å². The summed E-state index contributed by atoms with van der Waals surface area (Å²) < 4.78 is 1.06. The standard InChI is InChI=1S/C11H15Br2N/c1-8(2)11(13)4-3-9-5-10(12)7-14-6-9/h5-8,11H,3-4H2,1-2H3. The molecule has 0 N–H and O–H groups in total. The first-order chi connectivity index (χ1) is 6.59. The molecule has 0 aliphatic rings. The summed E-state index contributed by atoms with van der Waals surface area (Å²) in [6.07, 6.45) is 6.00. The Labute approximate surface area is 103 Å². The van der Waals surface area contributed by atoms with E-state index >= 15 is 0 Å². The summed E-state index contributed by atoms with van der Waals surface area (Å²) >= 11 is 7.11. The molecular weight excluding hydrogens is 306 g/mol. The third-order valence-electron chi connectivity index (χ3n) is 2.19. The number of aromatic nitrogens is 1. The van der Waals surface area contributed by atoms with Crippen LogP contribution in [0.15, 0.2) is 22.9 Å². The van der Waals surface area contributed by atoms with E-state index in [-0.39, 0.29) is 0 Å². The van der Waals surface area contributed by atoms with E-state index in [0.717, 1.165) is 17.3 Å². The predicted molar refractivity (Wildman–Crippen MR) is 67.8 cm³/mol. The highest BCUT2D eigenvalue weighted by Crippen LogP contribution is 2.19. The molecular formula is C11H15Br2N. The Morgan fingerprint density at radius 1 is 1.36 bits per heavy atom. The summed E-state index contributed by atoms with van der Waals surface area (Å²) in [5.41, 5.74) is 1.30. The molecule has 0 amide bonds. The van der Waals surface area contributed by atoms with E-state index in [2.05, 4.69) is 56.8 Å². The summed E-state index contributed by atoms with van der Waals surface area (Å²) in [5, 5.41) is 0. The lowest BCUT2D eigenvalue weighted by atomic mass is 10.0. The Morgan fingerprint density at radius 2 is 2.07 bits per heavy atom. The number of pyridine rings is 1. The fraction of sp³-hybridized carbons (Fsp3) is 0.545. The van der Waals surface area contributed by atoms with Crippen LogP contribution in [0.3, 0.4) is 0 Å². The van der Waals surface area contributed by atoms with Crippen molar-refractivity contribution in [2.24, 2.45) is 5.92 Å². The molecule has 0 saturated carbocycles. The summed E-state index contributed by atoms with van der Waals surface area (Å²) in [6.45, 7) is 4.47. The third-order valence-corrected chi connectivity index (χ3v) is 4.14. The van der Waals surface area contributed by atoms with Crippen molar-refractivity contribution in [1.82, 2.24) is 4.98 Å². The van der Waals surface area contributed by atoms with Crippen LogP contribution in [0.2, 0.25) is 0 Å². The molecule has 0 saturated heterocycles. The van der Waals surface area contributed by atoms with Gasteiger partial charge in [0.25, 0.3) is 0 Å². The summed E-state index contributed by atoms with van der Waals surface area (Å²) in [4.78, 5) is 4.74.